The van der Waals surface area contributed by atoms with Crippen LogP contribution in [-0.2, 0) is 13.0 Å². The fourth-order valence-corrected chi connectivity index (χ4v) is 3.99. The first-order valence-corrected chi connectivity index (χ1v) is 8.64. The van der Waals surface area contributed by atoms with Crippen LogP contribution in [0.3, 0.4) is 0 Å². The molecule has 2 heterocycles. The smallest absolute Gasteiger partial charge is 0.0701 e. The molecular formula is C16H19BrN2S. The van der Waals surface area contributed by atoms with E-state index in [9.17, 15) is 0 Å². The number of para-hydroxylation sites is 1. The minimum absolute atomic E-state index is 0.584. The quantitative estimate of drug-likeness (QED) is 0.883. The Morgan fingerprint density at radius 3 is 3.05 bits per heavy atom. The number of halogens is 1. The number of rotatable bonds is 3. The number of anilines is 1. The van der Waals surface area contributed by atoms with E-state index in [0.717, 1.165) is 19.5 Å². The van der Waals surface area contributed by atoms with Crippen molar-refractivity contribution in [2.45, 2.75) is 25.4 Å². The van der Waals surface area contributed by atoms with Gasteiger partial charge in [0.1, 0.15) is 0 Å². The van der Waals surface area contributed by atoms with E-state index >= 15 is 0 Å². The van der Waals surface area contributed by atoms with E-state index in [0.29, 0.717) is 6.04 Å². The molecule has 0 radical (unpaired) electrons. The van der Waals surface area contributed by atoms with E-state index in [-0.39, 0.29) is 0 Å². The molecule has 1 unspecified atom stereocenters. The third kappa shape index (κ3) is 3.25. The lowest BCUT2D eigenvalue weighted by Crippen LogP contribution is -2.36. The maximum absolute atomic E-state index is 3.60. The van der Waals surface area contributed by atoms with Crippen LogP contribution in [0.25, 0.3) is 0 Å². The van der Waals surface area contributed by atoms with Crippen molar-refractivity contribution in [3.63, 3.8) is 0 Å². The van der Waals surface area contributed by atoms with Crippen LogP contribution >= 0.6 is 27.3 Å². The molecule has 0 saturated heterocycles. The summed E-state index contributed by atoms with van der Waals surface area (Å²) >= 11 is 5.30. The fraction of sp³-hybridized carbons (Fsp3) is 0.375. The van der Waals surface area contributed by atoms with Crippen molar-refractivity contribution >= 4 is 33.0 Å². The molecule has 0 fully saturated rings. The van der Waals surface area contributed by atoms with Crippen LogP contribution in [0.2, 0.25) is 0 Å². The van der Waals surface area contributed by atoms with Gasteiger partial charge in [0.15, 0.2) is 0 Å². The number of thiophene rings is 1. The van der Waals surface area contributed by atoms with Gasteiger partial charge in [-0.2, -0.15) is 0 Å². The van der Waals surface area contributed by atoms with Crippen molar-refractivity contribution in [1.29, 1.82) is 0 Å². The number of hydrogen-bond donors (Lipinski definition) is 1. The van der Waals surface area contributed by atoms with Crippen LogP contribution in [0.4, 0.5) is 5.69 Å². The minimum Gasteiger partial charge on any atom is -0.383 e. The predicted octanol–water partition coefficient (Wildman–Crippen LogP) is 4.37. The third-order valence-electron chi connectivity index (χ3n) is 3.97. The van der Waals surface area contributed by atoms with Crippen LogP contribution in [0.5, 0.6) is 0 Å². The molecule has 1 atom stereocenters. The highest BCUT2D eigenvalue weighted by atomic mass is 79.9. The summed E-state index contributed by atoms with van der Waals surface area (Å²) < 4.78 is 1.22. The highest BCUT2D eigenvalue weighted by Crippen LogP contribution is 2.25. The van der Waals surface area contributed by atoms with Gasteiger partial charge in [0.2, 0.25) is 0 Å². The van der Waals surface area contributed by atoms with Crippen molar-refractivity contribution in [1.82, 2.24) is 4.90 Å². The average molecular weight is 351 g/mol. The van der Waals surface area contributed by atoms with E-state index in [1.54, 1.807) is 11.3 Å². The number of benzene rings is 1. The second-order valence-electron chi connectivity index (χ2n) is 5.40. The maximum Gasteiger partial charge on any atom is 0.0701 e. The fourth-order valence-electron chi connectivity index (χ4n) is 2.78. The summed E-state index contributed by atoms with van der Waals surface area (Å²) in [7, 11) is 2.23. The zero-order valence-electron chi connectivity index (χ0n) is 11.6. The maximum atomic E-state index is 3.60. The Balaban J connectivity index is 1.64. The van der Waals surface area contributed by atoms with E-state index < -0.39 is 0 Å². The monoisotopic (exact) mass is 350 g/mol. The van der Waals surface area contributed by atoms with Crippen molar-refractivity contribution in [2.24, 2.45) is 0 Å². The molecule has 20 heavy (non-hydrogen) atoms. The molecule has 1 aromatic heterocycles. The standard InChI is InChI=1S/C16H19BrN2S/c1-19(10-12-8-16(17)20-11-12)14-7-6-13-4-2-3-5-15(13)18-9-14/h2-5,8,11,14,18H,6-7,9-10H2,1H3. The van der Waals surface area contributed by atoms with Gasteiger partial charge in [0, 0.05) is 24.8 Å². The molecule has 1 aliphatic heterocycles. The van der Waals surface area contributed by atoms with Crippen LogP contribution in [0.1, 0.15) is 17.5 Å². The third-order valence-corrected chi connectivity index (χ3v) is 5.52. The van der Waals surface area contributed by atoms with Gasteiger partial charge < -0.3 is 5.32 Å². The molecule has 0 spiro atoms. The van der Waals surface area contributed by atoms with E-state index in [2.05, 4.69) is 68.9 Å². The number of nitrogens with one attached hydrogen (secondary N) is 1. The summed E-state index contributed by atoms with van der Waals surface area (Å²) in [6, 6.07) is 11.5. The molecule has 0 amide bonds. The number of aryl methyl sites for hydroxylation is 1. The average Bonchev–Trinajstić information content (AvgIpc) is 2.74. The Morgan fingerprint density at radius 1 is 1.40 bits per heavy atom. The number of hydrogen-bond acceptors (Lipinski definition) is 3. The zero-order valence-corrected chi connectivity index (χ0v) is 14.0. The van der Waals surface area contributed by atoms with Crippen LogP contribution in [0, 0.1) is 0 Å². The van der Waals surface area contributed by atoms with Gasteiger partial charge >= 0.3 is 0 Å². The molecule has 2 nitrogen and oxygen atoms in total. The van der Waals surface area contributed by atoms with E-state index in [4.69, 9.17) is 0 Å². The summed E-state index contributed by atoms with van der Waals surface area (Å²) in [5, 5.41) is 5.83. The topological polar surface area (TPSA) is 15.3 Å². The first kappa shape index (κ1) is 14.1. The molecule has 1 N–H and O–H groups in total. The SMILES string of the molecule is CN(Cc1csc(Br)c1)C1CCc2ccccc2NC1. The number of fused-ring (bicyclic) bond motifs is 1. The molecule has 4 heteroatoms. The van der Waals surface area contributed by atoms with Gasteiger partial charge in [-0.25, -0.2) is 0 Å². The van der Waals surface area contributed by atoms with Gasteiger partial charge in [-0.1, -0.05) is 18.2 Å². The molecule has 1 aromatic carbocycles. The van der Waals surface area contributed by atoms with Crippen molar-refractivity contribution in [3.05, 3.63) is 50.6 Å². The lowest BCUT2D eigenvalue weighted by atomic mass is 10.1. The Labute approximate surface area is 132 Å². The lowest BCUT2D eigenvalue weighted by Gasteiger charge is -2.26. The van der Waals surface area contributed by atoms with Crippen LogP contribution in [-0.4, -0.2) is 24.5 Å². The van der Waals surface area contributed by atoms with E-state index in [1.807, 2.05) is 0 Å². The minimum atomic E-state index is 0.584. The summed E-state index contributed by atoms with van der Waals surface area (Å²) in [5.41, 5.74) is 4.15. The molecule has 1 aliphatic rings. The summed E-state index contributed by atoms with van der Waals surface area (Å²) in [4.78, 5) is 2.47. The molecule has 0 aliphatic carbocycles. The first-order chi connectivity index (χ1) is 9.72. The largest absolute Gasteiger partial charge is 0.383 e. The van der Waals surface area contributed by atoms with Gasteiger partial charge in [-0.15, -0.1) is 11.3 Å². The number of nitrogens with zero attached hydrogens (tertiary/aromatic N) is 1. The molecule has 106 valence electrons. The molecule has 0 bridgehead atoms. The number of likely N-dealkylation sites (N-methyl/N-ethyl adjacent to an activating group) is 1. The Bertz CT molecular complexity index is 554. The first-order valence-electron chi connectivity index (χ1n) is 6.97. The zero-order chi connectivity index (χ0) is 13.9. The Kier molecular flexibility index (Phi) is 4.44. The van der Waals surface area contributed by atoms with Crippen molar-refractivity contribution in [2.75, 3.05) is 18.9 Å². The van der Waals surface area contributed by atoms with Gasteiger partial charge in [0.25, 0.3) is 0 Å². The highest BCUT2D eigenvalue weighted by molar-refractivity contribution is 9.11. The van der Waals surface area contributed by atoms with Gasteiger partial charge in [-0.05, 0) is 64.5 Å². The lowest BCUT2D eigenvalue weighted by molar-refractivity contribution is 0.234. The molecule has 3 rings (SSSR count). The van der Waals surface area contributed by atoms with Crippen molar-refractivity contribution in [3.8, 4) is 0 Å². The summed E-state index contributed by atoms with van der Waals surface area (Å²) in [6.45, 7) is 2.05. The molecule has 2 aromatic rings. The summed E-state index contributed by atoms with van der Waals surface area (Å²) in [6.07, 6.45) is 2.37. The predicted molar refractivity (Wildman–Crippen MR) is 90.5 cm³/mol. The van der Waals surface area contributed by atoms with Gasteiger partial charge in [0.05, 0.1) is 3.79 Å². The summed E-state index contributed by atoms with van der Waals surface area (Å²) in [5.74, 6) is 0. The van der Waals surface area contributed by atoms with Crippen LogP contribution in [0.15, 0.2) is 39.5 Å². The normalized spacial score (nSPS) is 18.4. The second kappa shape index (κ2) is 6.29. The second-order valence-corrected chi connectivity index (χ2v) is 7.70. The van der Waals surface area contributed by atoms with Crippen molar-refractivity contribution < 1.29 is 0 Å². The molecule has 0 saturated carbocycles. The highest BCUT2D eigenvalue weighted by Gasteiger charge is 2.19. The Hall–Kier alpha value is -0.840. The molecular weight excluding hydrogens is 332 g/mol. The van der Waals surface area contributed by atoms with E-state index in [1.165, 1.54) is 27.0 Å². The Morgan fingerprint density at radius 2 is 2.25 bits per heavy atom. The van der Waals surface area contributed by atoms with Gasteiger partial charge in [-0.3, -0.25) is 4.90 Å². The van der Waals surface area contributed by atoms with Crippen LogP contribution < -0.4 is 5.32 Å².